The van der Waals surface area contributed by atoms with E-state index >= 15 is 0 Å². The Bertz CT molecular complexity index is 480. The summed E-state index contributed by atoms with van der Waals surface area (Å²) in [4.78, 5) is 24.7. The first kappa shape index (κ1) is 10.9. The highest BCUT2D eigenvalue weighted by molar-refractivity contribution is 7.99. The van der Waals surface area contributed by atoms with Crippen molar-refractivity contribution < 1.29 is 14.7 Å². The zero-order valence-corrected chi connectivity index (χ0v) is 10.3. The van der Waals surface area contributed by atoms with Crippen LogP contribution in [-0.2, 0) is 9.59 Å². The molecule has 17 heavy (non-hydrogen) atoms. The molecular formula is C12H13NO3S. The van der Waals surface area contributed by atoms with Crippen molar-refractivity contribution in [2.75, 3.05) is 11.5 Å². The lowest BCUT2D eigenvalue weighted by Gasteiger charge is -2.41. The number of carbonyl (C=O) groups excluding carboxylic acids is 1. The van der Waals surface area contributed by atoms with Crippen molar-refractivity contribution in [2.45, 2.75) is 19.4 Å². The van der Waals surface area contributed by atoms with Crippen LogP contribution in [0.1, 0.15) is 13.3 Å². The van der Waals surface area contributed by atoms with Gasteiger partial charge >= 0.3 is 5.97 Å². The highest BCUT2D eigenvalue weighted by Crippen LogP contribution is 2.49. The fraction of sp³-hybridized carbons (Fsp3) is 0.500. The Hall–Kier alpha value is -1.23. The van der Waals surface area contributed by atoms with E-state index in [1.165, 1.54) is 4.90 Å². The number of hydrogen-bond acceptors (Lipinski definition) is 3. The molecule has 90 valence electrons. The van der Waals surface area contributed by atoms with E-state index < -0.39 is 5.97 Å². The first-order valence-corrected chi connectivity index (χ1v) is 6.86. The maximum atomic E-state index is 11.9. The topological polar surface area (TPSA) is 57.6 Å². The number of β-lactam (4-membered cyclic amide) rings is 1. The van der Waals surface area contributed by atoms with Crippen LogP contribution in [-0.4, -0.2) is 39.4 Å². The molecule has 3 rings (SSSR count). The van der Waals surface area contributed by atoms with Gasteiger partial charge in [-0.15, -0.1) is 0 Å². The number of aliphatic carboxylic acids is 1. The number of nitrogens with zero attached hydrogens (tertiary/aromatic N) is 1. The highest BCUT2D eigenvalue weighted by atomic mass is 32.2. The monoisotopic (exact) mass is 251 g/mol. The molecule has 3 aliphatic heterocycles. The van der Waals surface area contributed by atoms with E-state index in [-0.39, 0.29) is 23.6 Å². The van der Waals surface area contributed by atoms with Crippen LogP contribution in [0.2, 0.25) is 0 Å². The van der Waals surface area contributed by atoms with Crippen LogP contribution in [0.5, 0.6) is 0 Å². The minimum atomic E-state index is -0.956. The van der Waals surface area contributed by atoms with Crippen molar-refractivity contribution in [2.24, 2.45) is 5.92 Å². The number of allylic oxidation sites excluding steroid dienone is 1. The lowest BCUT2D eigenvalue weighted by molar-refractivity contribution is -0.142. The first-order chi connectivity index (χ1) is 8.16. The zero-order chi connectivity index (χ0) is 12.2. The van der Waals surface area contributed by atoms with Gasteiger partial charge in [0.1, 0.15) is 5.70 Å². The molecule has 0 radical (unpaired) electrons. The number of thioether (sulfide) groups is 1. The summed E-state index contributed by atoms with van der Waals surface area (Å²) in [5, 5.41) is 9.27. The highest BCUT2D eigenvalue weighted by Gasteiger charge is 2.56. The summed E-state index contributed by atoms with van der Waals surface area (Å²) in [5.41, 5.74) is 2.02. The Morgan fingerprint density at radius 1 is 1.59 bits per heavy atom. The molecule has 4 nitrogen and oxygen atoms in total. The average molecular weight is 251 g/mol. The van der Waals surface area contributed by atoms with Crippen LogP contribution in [0, 0.1) is 5.92 Å². The van der Waals surface area contributed by atoms with Gasteiger partial charge in [0.2, 0.25) is 0 Å². The lowest BCUT2D eigenvalue weighted by atomic mass is 9.84. The molecule has 0 aromatic heterocycles. The van der Waals surface area contributed by atoms with Gasteiger partial charge in [0.25, 0.3) is 5.91 Å². The SMILES string of the molecule is CC=C1C(=O)N2C(C(=O)O)=C3CCSC[C@H]3[C@H]12. The zero-order valence-electron chi connectivity index (χ0n) is 9.47. The van der Waals surface area contributed by atoms with Crippen LogP contribution in [0.25, 0.3) is 0 Å². The third-order valence-electron chi connectivity index (χ3n) is 3.76. The van der Waals surface area contributed by atoms with Crippen molar-refractivity contribution in [1.29, 1.82) is 0 Å². The molecule has 2 atom stereocenters. The molecule has 0 aromatic carbocycles. The van der Waals surface area contributed by atoms with Crippen LogP contribution in [0.15, 0.2) is 22.9 Å². The molecular weight excluding hydrogens is 238 g/mol. The van der Waals surface area contributed by atoms with Crippen molar-refractivity contribution >= 4 is 23.6 Å². The van der Waals surface area contributed by atoms with Gasteiger partial charge in [-0.3, -0.25) is 9.69 Å². The Morgan fingerprint density at radius 3 is 3.00 bits per heavy atom. The van der Waals surface area contributed by atoms with Gasteiger partial charge in [-0.1, -0.05) is 6.08 Å². The van der Waals surface area contributed by atoms with Crippen LogP contribution in [0.3, 0.4) is 0 Å². The molecule has 0 bridgehead atoms. The molecule has 1 amide bonds. The molecule has 1 N–H and O–H groups in total. The summed E-state index contributed by atoms with van der Waals surface area (Å²) in [7, 11) is 0. The summed E-state index contributed by atoms with van der Waals surface area (Å²) in [6.07, 6.45) is 2.62. The normalized spacial score (nSPS) is 33.6. The molecule has 0 aromatic rings. The van der Waals surface area contributed by atoms with Gasteiger partial charge in [-0.05, 0) is 24.7 Å². The van der Waals surface area contributed by atoms with E-state index in [4.69, 9.17) is 0 Å². The first-order valence-electron chi connectivity index (χ1n) is 5.70. The lowest BCUT2D eigenvalue weighted by Crippen LogP contribution is -2.55. The summed E-state index contributed by atoms with van der Waals surface area (Å²) >= 11 is 1.85. The number of carbonyl (C=O) groups is 2. The van der Waals surface area contributed by atoms with Gasteiger partial charge in [-0.25, -0.2) is 4.79 Å². The van der Waals surface area contributed by atoms with Gasteiger partial charge in [0.05, 0.1) is 6.04 Å². The summed E-state index contributed by atoms with van der Waals surface area (Å²) in [6, 6.07) is 0.00130. The van der Waals surface area contributed by atoms with E-state index in [0.717, 1.165) is 29.1 Å². The van der Waals surface area contributed by atoms with Crippen LogP contribution in [0.4, 0.5) is 0 Å². The smallest absolute Gasteiger partial charge is 0.352 e. The van der Waals surface area contributed by atoms with Crippen LogP contribution < -0.4 is 0 Å². The molecule has 3 aliphatic rings. The number of carboxylic acids is 1. The van der Waals surface area contributed by atoms with Gasteiger partial charge < -0.3 is 5.11 Å². The van der Waals surface area contributed by atoms with Gasteiger partial charge in [0.15, 0.2) is 0 Å². The second-order valence-electron chi connectivity index (χ2n) is 4.47. The van der Waals surface area contributed by atoms with Crippen LogP contribution >= 0.6 is 11.8 Å². The molecule has 2 fully saturated rings. The maximum absolute atomic E-state index is 11.9. The fourth-order valence-corrected chi connectivity index (χ4v) is 4.21. The number of amides is 1. The van der Waals surface area contributed by atoms with Crippen molar-refractivity contribution in [3.8, 4) is 0 Å². The number of fused-ring (bicyclic) bond motifs is 3. The Kier molecular flexibility index (Phi) is 2.33. The molecule has 0 unspecified atom stereocenters. The predicted molar refractivity (Wildman–Crippen MR) is 64.5 cm³/mol. The second kappa shape index (κ2) is 3.63. The van der Waals surface area contributed by atoms with E-state index in [0.29, 0.717) is 0 Å². The largest absolute Gasteiger partial charge is 0.477 e. The Balaban J connectivity index is 2.07. The minimum Gasteiger partial charge on any atom is -0.477 e. The maximum Gasteiger partial charge on any atom is 0.352 e. The summed E-state index contributed by atoms with van der Waals surface area (Å²) < 4.78 is 0. The summed E-state index contributed by atoms with van der Waals surface area (Å²) in [5.74, 6) is 1.04. The van der Waals surface area contributed by atoms with E-state index in [1.54, 1.807) is 0 Å². The Labute approximate surface area is 103 Å². The molecule has 0 aliphatic carbocycles. The molecule has 3 heterocycles. The third kappa shape index (κ3) is 1.26. The molecule has 0 spiro atoms. The third-order valence-corrected chi connectivity index (χ3v) is 4.85. The van der Waals surface area contributed by atoms with Gasteiger partial charge in [-0.2, -0.15) is 11.8 Å². The van der Waals surface area contributed by atoms with Crippen molar-refractivity contribution in [3.05, 3.63) is 22.9 Å². The summed E-state index contributed by atoms with van der Waals surface area (Å²) in [6.45, 7) is 1.85. The Morgan fingerprint density at radius 2 is 2.35 bits per heavy atom. The van der Waals surface area contributed by atoms with Crippen molar-refractivity contribution in [3.63, 3.8) is 0 Å². The number of rotatable bonds is 1. The van der Waals surface area contributed by atoms with Crippen molar-refractivity contribution in [1.82, 2.24) is 4.90 Å². The number of hydrogen-bond donors (Lipinski definition) is 1. The average Bonchev–Trinajstić information content (AvgIpc) is 2.61. The second-order valence-corrected chi connectivity index (χ2v) is 5.62. The molecule has 2 saturated heterocycles. The molecule has 0 saturated carbocycles. The van der Waals surface area contributed by atoms with Gasteiger partial charge in [0, 0.05) is 17.2 Å². The standard InChI is InChI=1S/C12H13NO3S/c1-2-6-9-8-5-17-4-3-7(8)10(12(15)16)13(9)11(6)14/h2,8-9H,3-5H2,1H3,(H,15,16)/t8-,9+/m1/s1. The quantitative estimate of drug-likeness (QED) is 0.563. The minimum absolute atomic E-state index is 0.00130. The fourth-order valence-electron chi connectivity index (χ4n) is 3.05. The number of carboxylic acid groups (broad SMARTS) is 1. The van der Waals surface area contributed by atoms with E-state index in [1.807, 2.05) is 24.8 Å². The van der Waals surface area contributed by atoms with E-state index in [9.17, 15) is 14.7 Å². The molecule has 5 heteroatoms. The van der Waals surface area contributed by atoms with E-state index in [2.05, 4.69) is 0 Å². The predicted octanol–water partition coefficient (Wildman–Crippen LogP) is 1.25.